The zero-order valence-electron chi connectivity index (χ0n) is 33.2. The number of likely N-dealkylation sites (N-methyl/N-ethyl adjacent to an activating group) is 1. The molecule has 1 aliphatic heterocycles. The Morgan fingerprint density at radius 1 is 0.732 bits per heavy atom. The lowest BCUT2D eigenvalue weighted by Crippen LogP contribution is -2.61. The molecule has 1 rings (SSSR count). The molecule has 0 aromatic rings. The van der Waals surface area contributed by atoms with Gasteiger partial charge in [-0.25, -0.2) is 0 Å². The molecule has 56 heavy (non-hydrogen) atoms. The van der Waals surface area contributed by atoms with Gasteiger partial charge < -0.3 is 63.8 Å². The number of aliphatic imine (C=N–C) groups is 1. The third kappa shape index (κ3) is 17.2. The summed E-state index contributed by atoms with van der Waals surface area (Å²) in [4.78, 5) is 109. The van der Waals surface area contributed by atoms with Gasteiger partial charge in [0.25, 0.3) is 0 Å². The van der Waals surface area contributed by atoms with Crippen LogP contribution < -0.4 is 48.7 Å². The van der Waals surface area contributed by atoms with Gasteiger partial charge in [-0.15, -0.1) is 0 Å². The predicted molar refractivity (Wildman–Crippen MR) is 205 cm³/mol. The van der Waals surface area contributed by atoms with Gasteiger partial charge in [-0.3, -0.25) is 43.3 Å². The third-order valence-electron chi connectivity index (χ3n) is 9.16. The Morgan fingerprint density at radius 3 is 1.82 bits per heavy atom. The van der Waals surface area contributed by atoms with E-state index < -0.39 is 84.9 Å². The number of aliphatic hydroxyl groups is 2. The van der Waals surface area contributed by atoms with Crippen LogP contribution >= 0.6 is 0 Å². The number of hydrogen-bond donors (Lipinski definition) is 11. The van der Waals surface area contributed by atoms with Crippen molar-refractivity contribution in [3.8, 4) is 0 Å². The van der Waals surface area contributed by atoms with Crippen LogP contribution in [0.1, 0.15) is 86.0 Å². The normalized spacial score (nSPS) is 16.8. The topological polar surface area (TPSA) is 329 Å². The number of hydrogen-bond acceptors (Lipinski definition) is 11. The number of rotatable bonds is 25. The van der Waals surface area contributed by atoms with Crippen molar-refractivity contribution in [2.24, 2.45) is 22.4 Å². The fraction of sp³-hybridized carbons (Fsp3) is 0.743. The Balaban J connectivity index is 3.27. The summed E-state index contributed by atoms with van der Waals surface area (Å²) in [6.07, 6.45) is 2.59. The van der Waals surface area contributed by atoms with Gasteiger partial charge in [-0.2, -0.15) is 0 Å². The number of amides is 8. The van der Waals surface area contributed by atoms with Crippen LogP contribution in [-0.2, 0) is 38.4 Å². The van der Waals surface area contributed by atoms with Crippen molar-refractivity contribution in [1.29, 1.82) is 0 Å². The van der Waals surface area contributed by atoms with E-state index in [9.17, 15) is 48.6 Å². The highest BCUT2D eigenvalue weighted by Crippen LogP contribution is 2.20. The largest absolute Gasteiger partial charge is 0.394 e. The summed E-state index contributed by atoms with van der Waals surface area (Å²) in [6.45, 7) is 7.08. The van der Waals surface area contributed by atoms with Crippen LogP contribution in [0.5, 0.6) is 0 Å². The Bertz CT molecular complexity index is 1380. The summed E-state index contributed by atoms with van der Waals surface area (Å²) in [5.41, 5.74) is 10.9. The van der Waals surface area contributed by atoms with Crippen molar-refractivity contribution in [2.75, 3.05) is 39.4 Å². The van der Waals surface area contributed by atoms with E-state index in [1.165, 1.54) is 18.7 Å². The van der Waals surface area contributed by atoms with Crippen LogP contribution in [0.15, 0.2) is 4.99 Å². The highest BCUT2D eigenvalue weighted by Gasteiger charge is 2.38. The molecule has 13 N–H and O–H groups in total. The molecule has 0 radical (unpaired) electrons. The van der Waals surface area contributed by atoms with Crippen molar-refractivity contribution in [1.82, 2.24) is 42.1 Å². The lowest BCUT2D eigenvalue weighted by molar-refractivity contribution is -0.142. The maximum Gasteiger partial charge on any atom is 0.245 e. The van der Waals surface area contributed by atoms with E-state index in [1.807, 2.05) is 0 Å². The van der Waals surface area contributed by atoms with Crippen molar-refractivity contribution < 1.29 is 48.6 Å². The quantitative estimate of drug-likeness (QED) is 0.0239. The molecule has 0 aromatic heterocycles. The fourth-order valence-electron chi connectivity index (χ4n) is 5.95. The highest BCUT2D eigenvalue weighted by molar-refractivity contribution is 5.97. The SMILES string of the molecule is CCNC(=O)[C@@H]1CCCN1C(=O)[C@H](CCCN=C(N)N)NC(=O)[C@H](CCCCNC(C)=O)NC(=O)[C@H](CO)NC(=O)[C@H](CO)NC(=O)[C@H](NC(C)=O)[C@H](C)CC. The van der Waals surface area contributed by atoms with Crippen LogP contribution in [0.2, 0.25) is 0 Å². The number of carbonyl (C=O) groups excluding carboxylic acids is 8. The summed E-state index contributed by atoms with van der Waals surface area (Å²) < 4.78 is 0. The number of aliphatic hydroxyl groups excluding tert-OH is 2. The molecule has 1 heterocycles. The third-order valence-corrected chi connectivity index (χ3v) is 9.16. The number of unbranched alkanes of at least 4 members (excludes halogenated alkanes) is 1. The van der Waals surface area contributed by atoms with E-state index in [4.69, 9.17) is 11.5 Å². The standard InChI is InChI=1S/C35H63N11O10/c1-6-20(3)28(41-22(5)50)33(55)45-26(19-48)31(53)44-25(18-47)30(52)42-23(12-8-9-15-39-21(4)49)29(51)43-24(13-10-16-40-35(36)37)34(56)46-17-11-14-27(46)32(54)38-7-2/h20,23-28,47-48H,6-19H2,1-5H3,(H,38,54)(H,39,49)(H,41,50)(H,42,52)(H,43,51)(H,44,53)(H,45,55)(H4,36,37,40)/t20-,23+,24+,25+,26+,27+,28-/m1/s1. The summed E-state index contributed by atoms with van der Waals surface area (Å²) >= 11 is 0. The van der Waals surface area contributed by atoms with E-state index >= 15 is 0 Å². The van der Waals surface area contributed by atoms with Crippen LogP contribution in [0.25, 0.3) is 0 Å². The molecular weight excluding hydrogens is 734 g/mol. The van der Waals surface area contributed by atoms with Crippen molar-refractivity contribution >= 4 is 53.2 Å². The first-order valence-corrected chi connectivity index (χ1v) is 19.1. The zero-order valence-corrected chi connectivity index (χ0v) is 33.2. The molecular formula is C35H63N11O10. The first-order chi connectivity index (χ1) is 26.5. The second-order valence-electron chi connectivity index (χ2n) is 13.7. The van der Waals surface area contributed by atoms with Crippen LogP contribution in [0.4, 0.5) is 0 Å². The maximum atomic E-state index is 13.9. The first-order valence-electron chi connectivity index (χ1n) is 19.1. The van der Waals surface area contributed by atoms with Crippen LogP contribution in [-0.4, -0.2) is 144 Å². The average Bonchev–Trinajstić information content (AvgIpc) is 3.64. The van der Waals surface area contributed by atoms with Gasteiger partial charge in [0.15, 0.2) is 5.96 Å². The average molecular weight is 798 g/mol. The molecule has 1 fully saturated rings. The summed E-state index contributed by atoms with van der Waals surface area (Å²) in [6, 6.07) is -7.44. The molecule has 0 spiro atoms. The highest BCUT2D eigenvalue weighted by atomic mass is 16.3. The molecule has 1 saturated heterocycles. The molecule has 21 heteroatoms. The molecule has 7 atom stereocenters. The molecule has 0 bridgehead atoms. The van der Waals surface area contributed by atoms with Crippen molar-refractivity contribution in [2.45, 2.75) is 122 Å². The van der Waals surface area contributed by atoms with E-state index in [1.54, 1.807) is 20.8 Å². The number of nitrogens with one attached hydrogen (secondary N) is 7. The predicted octanol–water partition coefficient (Wildman–Crippen LogP) is -4.05. The minimum Gasteiger partial charge on any atom is -0.394 e. The van der Waals surface area contributed by atoms with Gasteiger partial charge in [0.2, 0.25) is 47.3 Å². The number of carbonyl (C=O) groups is 8. The Labute approximate surface area is 327 Å². The summed E-state index contributed by atoms with van der Waals surface area (Å²) in [5, 5.41) is 37.8. The Kier molecular flexibility index (Phi) is 22.7. The zero-order chi connectivity index (χ0) is 42.4. The number of likely N-dealkylation sites (tertiary alicyclic amines) is 1. The van der Waals surface area contributed by atoms with Crippen LogP contribution in [0, 0.1) is 5.92 Å². The molecule has 21 nitrogen and oxygen atoms in total. The van der Waals surface area contributed by atoms with E-state index in [0.717, 1.165) is 0 Å². The molecule has 318 valence electrons. The molecule has 0 saturated carbocycles. The Hall–Kier alpha value is -5.05. The van der Waals surface area contributed by atoms with Crippen molar-refractivity contribution in [3.63, 3.8) is 0 Å². The van der Waals surface area contributed by atoms with Gasteiger partial charge in [-0.1, -0.05) is 20.3 Å². The van der Waals surface area contributed by atoms with Gasteiger partial charge in [-0.05, 0) is 57.8 Å². The number of guanidine groups is 1. The minimum absolute atomic E-state index is 0.0128. The summed E-state index contributed by atoms with van der Waals surface area (Å²) in [5.74, 6) is -5.62. The fourth-order valence-corrected chi connectivity index (χ4v) is 5.95. The van der Waals surface area contributed by atoms with Gasteiger partial charge in [0.05, 0.1) is 13.2 Å². The molecule has 0 aliphatic carbocycles. The molecule has 1 aliphatic rings. The lowest BCUT2D eigenvalue weighted by Gasteiger charge is -2.30. The van der Waals surface area contributed by atoms with Gasteiger partial charge in [0.1, 0.15) is 36.3 Å². The molecule has 8 amide bonds. The maximum absolute atomic E-state index is 13.9. The number of nitrogens with two attached hydrogens (primary N) is 2. The van der Waals surface area contributed by atoms with E-state index in [-0.39, 0.29) is 62.6 Å². The molecule has 0 aromatic carbocycles. The van der Waals surface area contributed by atoms with Crippen LogP contribution in [0.3, 0.4) is 0 Å². The van der Waals surface area contributed by atoms with E-state index in [0.29, 0.717) is 38.6 Å². The van der Waals surface area contributed by atoms with Gasteiger partial charge >= 0.3 is 0 Å². The second kappa shape index (κ2) is 25.9. The summed E-state index contributed by atoms with van der Waals surface area (Å²) in [7, 11) is 0. The van der Waals surface area contributed by atoms with Crippen molar-refractivity contribution in [3.05, 3.63) is 0 Å². The second-order valence-corrected chi connectivity index (χ2v) is 13.7. The monoisotopic (exact) mass is 797 g/mol. The smallest absolute Gasteiger partial charge is 0.245 e. The minimum atomic E-state index is -1.65. The molecule has 0 unspecified atom stereocenters. The van der Waals surface area contributed by atoms with E-state index in [2.05, 4.69) is 42.2 Å². The lowest BCUT2D eigenvalue weighted by atomic mass is 9.98. The number of nitrogens with zero attached hydrogens (tertiary/aromatic N) is 2. The first kappa shape index (κ1) is 49.0. The van der Waals surface area contributed by atoms with Gasteiger partial charge in [0, 0.05) is 40.0 Å². The Morgan fingerprint density at radius 2 is 1.29 bits per heavy atom.